The van der Waals surface area contributed by atoms with Crippen molar-refractivity contribution < 1.29 is 4.79 Å². The van der Waals surface area contributed by atoms with Crippen molar-refractivity contribution in [3.63, 3.8) is 0 Å². The van der Waals surface area contributed by atoms with Crippen molar-refractivity contribution in [3.05, 3.63) is 23.8 Å². The van der Waals surface area contributed by atoms with Crippen molar-refractivity contribution in [3.8, 4) is 0 Å². The topological polar surface area (TPSA) is 32.3 Å². The van der Waals surface area contributed by atoms with Gasteiger partial charge in [0.2, 0.25) is 5.91 Å². The van der Waals surface area contributed by atoms with Crippen LogP contribution in [0.2, 0.25) is 0 Å². The summed E-state index contributed by atoms with van der Waals surface area (Å²) in [5.41, 5.74) is 3.41. The maximum atomic E-state index is 11.8. The van der Waals surface area contributed by atoms with E-state index in [9.17, 15) is 4.79 Å². The number of nitrogens with one attached hydrogen (secondary N) is 1. The number of anilines is 2. The van der Waals surface area contributed by atoms with E-state index in [4.69, 9.17) is 0 Å². The molecular formula is C13H16N2OS. The lowest BCUT2D eigenvalue weighted by molar-refractivity contribution is -0.116. The number of hydrogen-bond acceptors (Lipinski definition) is 3. The molecule has 3 rings (SSSR count). The number of fused-ring (bicyclic) bond motifs is 3. The summed E-state index contributed by atoms with van der Waals surface area (Å²) < 4.78 is 0. The number of benzene rings is 1. The summed E-state index contributed by atoms with van der Waals surface area (Å²) in [6, 6.07) is 6.62. The second-order valence-corrected chi connectivity index (χ2v) is 5.84. The van der Waals surface area contributed by atoms with Gasteiger partial charge >= 0.3 is 0 Å². The van der Waals surface area contributed by atoms with Crippen LogP contribution in [0.1, 0.15) is 12.0 Å². The minimum absolute atomic E-state index is 0.144. The van der Waals surface area contributed by atoms with Crippen LogP contribution >= 0.6 is 11.8 Å². The maximum Gasteiger partial charge on any atom is 0.226 e. The molecule has 1 fully saturated rings. The molecule has 1 atom stereocenters. The molecule has 90 valence electrons. The van der Waals surface area contributed by atoms with E-state index in [1.54, 1.807) is 0 Å². The SMILES string of the molecule is Cc1ccc2c(c1)N1CCSCC1CC(=O)N2. The van der Waals surface area contributed by atoms with E-state index in [1.165, 1.54) is 11.3 Å². The number of carbonyl (C=O) groups is 1. The van der Waals surface area contributed by atoms with Crippen LogP contribution in [0.3, 0.4) is 0 Å². The van der Waals surface area contributed by atoms with Gasteiger partial charge in [-0.3, -0.25) is 4.79 Å². The molecule has 1 aromatic rings. The average molecular weight is 248 g/mol. The number of aryl methyl sites for hydroxylation is 1. The molecule has 0 aliphatic carbocycles. The Balaban J connectivity index is 2.07. The van der Waals surface area contributed by atoms with Gasteiger partial charge in [-0.2, -0.15) is 11.8 Å². The van der Waals surface area contributed by atoms with Gasteiger partial charge in [0.1, 0.15) is 0 Å². The van der Waals surface area contributed by atoms with Gasteiger partial charge < -0.3 is 10.2 Å². The Hall–Kier alpha value is -1.16. The van der Waals surface area contributed by atoms with Gasteiger partial charge in [-0.1, -0.05) is 6.07 Å². The van der Waals surface area contributed by atoms with Crippen molar-refractivity contribution in [2.75, 3.05) is 28.3 Å². The third-order valence-electron chi connectivity index (χ3n) is 3.39. The Kier molecular flexibility index (Phi) is 2.74. The second-order valence-electron chi connectivity index (χ2n) is 4.70. The lowest BCUT2D eigenvalue weighted by Gasteiger charge is -2.36. The van der Waals surface area contributed by atoms with Gasteiger partial charge in [-0.05, 0) is 24.6 Å². The molecule has 2 aliphatic heterocycles. The van der Waals surface area contributed by atoms with Crippen LogP contribution in [0.5, 0.6) is 0 Å². The Bertz CT molecular complexity index is 461. The van der Waals surface area contributed by atoms with E-state index in [0.29, 0.717) is 12.5 Å². The zero-order valence-electron chi connectivity index (χ0n) is 9.90. The molecule has 1 saturated heterocycles. The largest absolute Gasteiger partial charge is 0.365 e. The first-order valence-corrected chi connectivity index (χ1v) is 7.14. The molecule has 0 aromatic heterocycles. The lowest BCUT2D eigenvalue weighted by Crippen LogP contribution is -2.42. The number of carbonyl (C=O) groups excluding carboxylic acids is 1. The van der Waals surface area contributed by atoms with Gasteiger partial charge in [0.15, 0.2) is 0 Å². The van der Waals surface area contributed by atoms with Crippen LogP contribution in [0.4, 0.5) is 11.4 Å². The van der Waals surface area contributed by atoms with Crippen LogP contribution in [0, 0.1) is 6.92 Å². The quantitative estimate of drug-likeness (QED) is 0.764. The first-order valence-electron chi connectivity index (χ1n) is 5.99. The summed E-state index contributed by atoms with van der Waals surface area (Å²) in [6.07, 6.45) is 0.612. The third-order valence-corrected chi connectivity index (χ3v) is 4.48. The van der Waals surface area contributed by atoms with Crippen molar-refractivity contribution >= 4 is 29.0 Å². The van der Waals surface area contributed by atoms with Crippen LogP contribution in [0.25, 0.3) is 0 Å². The van der Waals surface area contributed by atoms with Gasteiger partial charge in [-0.25, -0.2) is 0 Å². The van der Waals surface area contributed by atoms with E-state index in [0.717, 1.165) is 23.7 Å². The Morgan fingerprint density at radius 2 is 2.35 bits per heavy atom. The molecule has 1 aromatic carbocycles. The molecule has 0 bridgehead atoms. The standard InChI is InChI=1S/C13H16N2OS/c1-9-2-3-11-12(6-9)15-4-5-17-8-10(15)7-13(16)14-11/h2-3,6,10H,4-5,7-8H2,1H3,(H,14,16). The first kappa shape index (κ1) is 11.0. The van der Waals surface area contributed by atoms with Crippen LogP contribution in [0.15, 0.2) is 18.2 Å². The smallest absolute Gasteiger partial charge is 0.226 e. The minimum Gasteiger partial charge on any atom is -0.365 e. The fourth-order valence-corrected chi connectivity index (χ4v) is 3.60. The van der Waals surface area contributed by atoms with E-state index < -0.39 is 0 Å². The van der Waals surface area contributed by atoms with Gasteiger partial charge in [0.05, 0.1) is 11.4 Å². The number of amides is 1. The molecule has 4 heteroatoms. The van der Waals surface area contributed by atoms with E-state index in [-0.39, 0.29) is 5.91 Å². The van der Waals surface area contributed by atoms with Crippen molar-refractivity contribution in [2.45, 2.75) is 19.4 Å². The molecule has 3 nitrogen and oxygen atoms in total. The van der Waals surface area contributed by atoms with Crippen molar-refractivity contribution in [1.82, 2.24) is 0 Å². The van der Waals surface area contributed by atoms with E-state index in [2.05, 4.69) is 29.3 Å². The zero-order valence-corrected chi connectivity index (χ0v) is 10.7. The zero-order chi connectivity index (χ0) is 11.8. The summed E-state index contributed by atoms with van der Waals surface area (Å²) >= 11 is 1.95. The van der Waals surface area contributed by atoms with E-state index >= 15 is 0 Å². The van der Waals surface area contributed by atoms with Crippen molar-refractivity contribution in [2.24, 2.45) is 0 Å². The molecule has 1 amide bonds. The molecule has 0 saturated carbocycles. The molecule has 2 aliphatic rings. The Morgan fingerprint density at radius 3 is 3.24 bits per heavy atom. The van der Waals surface area contributed by atoms with Gasteiger partial charge in [0.25, 0.3) is 0 Å². The number of hydrogen-bond donors (Lipinski definition) is 1. The monoisotopic (exact) mass is 248 g/mol. The molecule has 1 N–H and O–H groups in total. The molecule has 17 heavy (non-hydrogen) atoms. The molecule has 0 radical (unpaired) electrons. The summed E-state index contributed by atoms with van der Waals surface area (Å²) in [5, 5.41) is 3.02. The normalized spacial score (nSPS) is 23.5. The molecule has 0 spiro atoms. The lowest BCUT2D eigenvalue weighted by atomic mass is 10.1. The number of thioether (sulfide) groups is 1. The second kappa shape index (κ2) is 4.26. The van der Waals surface area contributed by atoms with E-state index in [1.807, 2.05) is 17.8 Å². The summed E-state index contributed by atoms with van der Waals surface area (Å²) in [6.45, 7) is 3.14. The fraction of sp³-hybridized carbons (Fsp3) is 0.462. The highest BCUT2D eigenvalue weighted by Crippen LogP contribution is 2.35. The fourth-order valence-electron chi connectivity index (χ4n) is 2.54. The van der Waals surface area contributed by atoms with Gasteiger partial charge in [0, 0.05) is 30.5 Å². The predicted molar refractivity (Wildman–Crippen MR) is 72.9 cm³/mol. The Labute approximate surface area is 106 Å². The summed E-state index contributed by atoms with van der Waals surface area (Å²) in [4.78, 5) is 14.2. The minimum atomic E-state index is 0.144. The van der Waals surface area contributed by atoms with Crippen LogP contribution in [-0.2, 0) is 4.79 Å². The number of rotatable bonds is 0. The summed E-state index contributed by atoms with van der Waals surface area (Å²) in [5.74, 6) is 2.35. The predicted octanol–water partition coefficient (Wildman–Crippen LogP) is 2.26. The molecule has 2 heterocycles. The first-order chi connectivity index (χ1) is 8.24. The maximum absolute atomic E-state index is 11.8. The summed E-state index contributed by atoms with van der Waals surface area (Å²) in [7, 11) is 0. The molecular weight excluding hydrogens is 232 g/mol. The highest BCUT2D eigenvalue weighted by atomic mass is 32.2. The highest BCUT2D eigenvalue weighted by molar-refractivity contribution is 7.99. The average Bonchev–Trinajstić information content (AvgIpc) is 2.45. The van der Waals surface area contributed by atoms with Gasteiger partial charge in [-0.15, -0.1) is 0 Å². The molecule has 1 unspecified atom stereocenters. The highest BCUT2D eigenvalue weighted by Gasteiger charge is 2.30. The van der Waals surface area contributed by atoms with Crippen LogP contribution < -0.4 is 10.2 Å². The Morgan fingerprint density at radius 1 is 1.47 bits per heavy atom. The van der Waals surface area contributed by atoms with Crippen molar-refractivity contribution in [1.29, 1.82) is 0 Å². The third kappa shape index (κ3) is 2.02. The van der Waals surface area contributed by atoms with Crippen LogP contribution in [-0.4, -0.2) is 30.0 Å². The number of nitrogens with zero attached hydrogens (tertiary/aromatic N) is 1.